The molecule has 0 bridgehead atoms. The average molecular weight is 367 g/mol. The lowest BCUT2D eigenvalue weighted by molar-refractivity contribution is -0.174. The quantitative estimate of drug-likeness (QED) is 0.851. The summed E-state index contributed by atoms with van der Waals surface area (Å²) in [5.74, 6) is 0.512. The number of aromatic nitrogens is 1. The summed E-state index contributed by atoms with van der Waals surface area (Å²) < 4.78 is 5.92. The largest absolute Gasteiger partial charge is 0.390 e. The van der Waals surface area contributed by atoms with Gasteiger partial charge in [0.05, 0.1) is 11.7 Å². The second-order valence-corrected chi connectivity index (χ2v) is 7.41. The first-order valence-electron chi connectivity index (χ1n) is 9.51. The molecule has 142 valence electrons. The van der Waals surface area contributed by atoms with Crippen molar-refractivity contribution >= 4 is 11.7 Å². The average Bonchev–Trinajstić information content (AvgIpc) is 2.71. The number of nitrogen functional groups attached to an aromatic ring is 1. The van der Waals surface area contributed by atoms with E-state index in [9.17, 15) is 9.90 Å². The van der Waals surface area contributed by atoms with Crippen LogP contribution in [0.2, 0.25) is 0 Å². The number of nitrogens with two attached hydrogens (primary N) is 1. The fourth-order valence-corrected chi connectivity index (χ4v) is 4.04. The van der Waals surface area contributed by atoms with E-state index in [0.29, 0.717) is 43.9 Å². The van der Waals surface area contributed by atoms with Crippen molar-refractivity contribution in [1.82, 2.24) is 9.88 Å². The number of likely N-dealkylation sites (tertiary alicyclic amines) is 1. The number of nitrogens with zero attached hydrogens (tertiary/aromatic N) is 2. The number of amides is 1. The second kappa shape index (κ2) is 7.29. The number of hydrogen-bond donors (Lipinski definition) is 2. The number of aliphatic hydroxyl groups is 1. The van der Waals surface area contributed by atoms with Crippen LogP contribution in [0.1, 0.15) is 36.0 Å². The summed E-state index contributed by atoms with van der Waals surface area (Å²) in [5.41, 5.74) is 7.80. The van der Waals surface area contributed by atoms with Gasteiger partial charge in [-0.1, -0.05) is 12.1 Å². The maximum Gasteiger partial charge on any atom is 0.253 e. The van der Waals surface area contributed by atoms with Gasteiger partial charge in [-0.15, -0.1) is 0 Å². The highest BCUT2D eigenvalue weighted by Gasteiger charge is 2.44. The Balaban J connectivity index is 1.42. The van der Waals surface area contributed by atoms with Crippen LogP contribution in [0.3, 0.4) is 0 Å². The second-order valence-electron chi connectivity index (χ2n) is 7.41. The Kier molecular flexibility index (Phi) is 4.85. The van der Waals surface area contributed by atoms with Crippen molar-refractivity contribution in [2.24, 2.45) is 0 Å². The number of benzene rings is 1. The van der Waals surface area contributed by atoms with Crippen molar-refractivity contribution in [2.45, 2.75) is 37.4 Å². The Morgan fingerprint density at radius 1 is 1.15 bits per heavy atom. The summed E-state index contributed by atoms with van der Waals surface area (Å²) in [6.45, 7) is 1.92. The monoisotopic (exact) mass is 367 g/mol. The fraction of sp³-hybridized carbons (Fsp3) is 0.429. The molecule has 1 amide bonds. The topological polar surface area (TPSA) is 88.7 Å². The molecule has 2 aliphatic rings. The number of carbonyl (C=O) groups excluding carboxylic acids is 1. The van der Waals surface area contributed by atoms with Gasteiger partial charge in [-0.3, -0.25) is 4.79 Å². The molecule has 4 rings (SSSR count). The lowest BCUT2D eigenvalue weighted by Gasteiger charge is -2.46. The first-order chi connectivity index (χ1) is 13.1. The van der Waals surface area contributed by atoms with Crippen LogP contribution < -0.4 is 5.73 Å². The summed E-state index contributed by atoms with van der Waals surface area (Å²) >= 11 is 0. The van der Waals surface area contributed by atoms with E-state index < -0.39 is 11.7 Å². The zero-order valence-corrected chi connectivity index (χ0v) is 15.3. The van der Waals surface area contributed by atoms with Crippen molar-refractivity contribution < 1.29 is 14.6 Å². The molecule has 2 aromatic rings. The summed E-state index contributed by atoms with van der Waals surface area (Å²) in [6.07, 6.45) is 4.38. The molecule has 0 radical (unpaired) electrons. The molecule has 2 fully saturated rings. The van der Waals surface area contributed by atoms with Gasteiger partial charge in [0.15, 0.2) is 0 Å². The van der Waals surface area contributed by atoms with Gasteiger partial charge in [-0.25, -0.2) is 4.98 Å². The van der Waals surface area contributed by atoms with Crippen LogP contribution in [0.25, 0.3) is 11.1 Å². The number of aliphatic hydroxyl groups excluding tert-OH is 1. The van der Waals surface area contributed by atoms with E-state index in [1.54, 1.807) is 12.3 Å². The van der Waals surface area contributed by atoms with E-state index in [-0.39, 0.29) is 5.91 Å². The van der Waals surface area contributed by atoms with Crippen molar-refractivity contribution in [2.75, 3.05) is 25.4 Å². The molecule has 3 heterocycles. The number of hydrogen-bond acceptors (Lipinski definition) is 5. The molecule has 2 saturated heterocycles. The van der Waals surface area contributed by atoms with Crippen molar-refractivity contribution in [1.29, 1.82) is 0 Å². The lowest BCUT2D eigenvalue weighted by atomic mass is 9.82. The Morgan fingerprint density at radius 2 is 1.85 bits per heavy atom. The van der Waals surface area contributed by atoms with Crippen LogP contribution in [-0.4, -0.2) is 52.3 Å². The minimum absolute atomic E-state index is 0.0251. The summed E-state index contributed by atoms with van der Waals surface area (Å²) in [7, 11) is 0. The Morgan fingerprint density at radius 3 is 2.48 bits per heavy atom. The van der Waals surface area contributed by atoms with E-state index in [4.69, 9.17) is 10.5 Å². The molecular formula is C21H25N3O3. The lowest BCUT2D eigenvalue weighted by Crippen LogP contribution is -2.56. The van der Waals surface area contributed by atoms with Crippen molar-refractivity contribution in [3.05, 3.63) is 48.2 Å². The third kappa shape index (κ3) is 3.55. The molecule has 1 spiro atoms. The molecule has 0 aliphatic carbocycles. The number of piperidine rings is 1. The molecular weight excluding hydrogens is 342 g/mol. The van der Waals surface area contributed by atoms with Gasteiger partial charge in [0.1, 0.15) is 5.82 Å². The van der Waals surface area contributed by atoms with E-state index in [0.717, 1.165) is 24.0 Å². The SMILES string of the molecule is Nc1ccc(-c2ccc(C(=O)N3CCC4(CC3)OCCCC4O)cc2)cn1. The summed E-state index contributed by atoms with van der Waals surface area (Å²) in [4.78, 5) is 18.8. The molecule has 6 heteroatoms. The zero-order chi connectivity index (χ0) is 18.9. The Hall–Kier alpha value is -2.44. The highest BCUT2D eigenvalue weighted by atomic mass is 16.5. The number of rotatable bonds is 2. The van der Waals surface area contributed by atoms with Crippen LogP contribution in [0.5, 0.6) is 0 Å². The van der Waals surface area contributed by atoms with Gasteiger partial charge in [0.25, 0.3) is 5.91 Å². The number of ether oxygens (including phenoxy) is 1. The van der Waals surface area contributed by atoms with Crippen LogP contribution >= 0.6 is 0 Å². The van der Waals surface area contributed by atoms with Gasteiger partial charge in [-0.05, 0) is 55.5 Å². The maximum atomic E-state index is 12.8. The highest BCUT2D eigenvalue weighted by Crippen LogP contribution is 2.35. The Labute approximate surface area is 159 Å². The van der Waals surface area contributed by atoms with Gasteiger partial charge >= 0.3 is 0 Å². The number of carbonyl (C=O) groups is 1. The molecule has 6 nitrogen and oxygen atoms in total. The predicted octanol–water partition coefficient (Wildman–Crippen LogP) is 2.48. The molecule has 1 aromatic heterocycles. The van der Waals surface area contributed by atoms with Crippen molar-refractivity contribution in [3.63, 3.8) is 0 Å². The highest BCUT2D eigenvalue weighted by molar-refractivity contribution is 5.94. The van der Waals surface area contributed by atoms with Crippen LogP contribution in [0.15, 0.2) is 42.6 Å². The van der Waals surface area contributed by atoms with E-state index in [1.165, 1.54) is 0 Å². The molecule has 1 aromatic carbocycles. The van der Waals surface area contributed by atoms with Gasteiger partial charge in [0.2, 0.25) is 0 Å². The third-order valence-electron chi connectivity index (χ3n) is 5.77. The minimum Gasteiger partial charge on any atom is -0.390 e. The summed E-state index contributed by atoms with van der Waals surface area (Å²) in [6, 6.07) is 11.2. The Bertz CT molecular complexity index is 796. The first-order valence-corrected chi connectivity index (χ1v) is 9.51. The number of pyridine rings is 1. The predicted molar refractivity (Wildman–Crippen MR) is 103 cm³/mol. The van der Waals surface area contributed by atoms with Gasteiger partial charge in [0, 0.05) is 37.0 Å². The molecule has 1 unspecified atom stereocenters. The molecule has 27 heavy (non-hydrogen) atoms. The van der Waals surface area contributed by atoms with Gasteiger partial charge in [-0.2, -0.15) is 0 Å². The van der Waals surface area contributed by atoms with Gasteiger partial charge < -0.3 is 20.5 Å². The van der Waals surface area contributed by atoms with E-state index in [2.05, 4.69) is 4.98 Å². The normalized spacial score (nSPS) is 22.0. The van der Waals surface area contributed by atoms with Crippen LogP contribution in [-0.2, 0) is 4.74 Å². The number of anilines is 1. The van der Waals surface area contributed by atoms with E-state index in [1.807, 2.05) is 35.2 Å². The van der Waals surface area contributed by atoms with Crippen molar-refractivity contribution in [3.8, 4) is 11.1 Å². The smallest absolute Gasteiger partial charge is 0.253 e. The molecule has 2 aliphatic heterocycles. The summed E-state index contributed by atoms with van der Waals surface area (Å²) in [5, 5.41) is 10.3. The fourth-order valence-electron chi connectivity index (χ4n) is 4.04. The standard InChI is InChI=1S/C21H25N3O3/c22-19-8-7-17(14-23-19)15-3-5-16(6-4-15)20(26)24-11-9-21(10-12-24)18(25)2-1-13-27-21/h3-8,14,18,25H,1-2,9-13H2,(H2,22,23). The zero-order valence-electron chi connectivity index (χ0n) is 15.3. The molecule has 0 saturated carbocycles. The molecule has 1 atom stereocenters. The minimum atomic E-state index is -0.457. The molecule has 3 N–H and O–H groups in total. The van der Waals surface area contributed by atoms with Crippen LogP contribution in [0.4, 0.5) is 5.82 Å². The van der Waals surface area contributed by atoms with E-state index >= 15 is 0 Å². The third-order valence-corrected chi connectivity index (χ3v) is 5.77. The first kappa shape index (κ1) is 17.9. The van der Waals surface area contributed by atoms with Crippen LogP contribution in [0, 0.1) is 0 Å². The maximum absolute atomic E-state index is 12.8.